The molecule has 0 unspecified atom stereocenters. The molecule has 0 radical (unpaired) electrons. The van der Waals surface area contributed by atoms with Gasteiger partial charge in [0.25, 0.3) is 5.56 Å². The zero-order valence-corrected chi connectivity index (χ0v) is 20.0. The number of amides is 1. The minimum absolute atomic E-state index is 0.0594. The molecular weight excluding hydrogens is 454 g/mol. The first-order valence-corrected chi connectivity index (χ1v) is 12.6. The van der Waals surface area contributed by atoms with Crippen molar-refractivity contribution in [1.82, 2.24) is 9.55 Å². The standard InChI is InChI=1S/C25H23N3O3S2/c1-15-10-12-16(13-11-15)28-24(30)22-17-6-5-9-20(17)33-23(22)27-25(28)32-14-21(29)26-18-7-3-4-8-19(18)31-2/h3-4,7-8,10-13H,5-6,9,14H2,1-2H3,(H,26,29). The number of nitrogens with one attached hydrogen (secondary N) is 1. The van der Waals surface area contributed by atoms with Gasteiger partial charge in [0.15, 0.2) is 5.16 Å². The average molecular weight is 478 g/mol. The van der Waals surface area contributed by atoms with E-state index in [0.717, 1.165) is 46.3 Å². The number of hydrogen-bond acceptors (Lipinski definition) is 6. The fourth-order valence-electron chi connectivity index (χ4n) is 4.11. The number of hydrogen-bond donors (Lipinski definition) is 1. The second-order valence-electron chi connectivity index (χ2n) is 7.95. The van der Waals surface area contributed by atoms with E-state index in [1.807, 2.05) is 43.3 Å². The highest BCUT2D eigenvalue weighted by molar-refractivity contribution is 7.99. The molecule has 33 heavy (non-hydrogen) atoms. The topological polar surface area (TPSA) is 73.2 Å². The predicted octanol–water partition coefficient (Wildman–Crippen LogP) is 4.98. The fourth-order valence-corrected chi connectivity index (χ4v) is 6.22. The van der Waals surface area contributed by atoms with Crippen LogP contribution in [0.3, 0.4) is 0 Å². The van der Waals surface area contributed by atoms with Crippen molar-refractivity contribution in [2.24, 2.45) is 0 Å². The average Bonchev–Trinajstić information content (AvgIpc) is 3.40. The predicted molar refractivity (Wildman–Crippen MR) is 134 cm³/mol. The Morgan fingerprint density at radius 3 is 2.76 bits per heavy atom. The van der Waals surface area contributed by atoms with Crippen LogP contribution in [0.2, 0.25) is 0 Å². The molecule has 0 saturated carbocycles. The van der Waals surface area contributed by atoms with Gasteiger partial charge in [-0.25, -0.2) is 4.98 Å². The molecule has 0 bridgehead atoms. The number of rotatable bonds is 6. The molecule has 0 saturated heterocycles. The number of fused-ring (bicyclic) bond motifs is 3. The molecule has 2 aromatic carbocycles. The number of anilines is 1. The zero-order chi connectivity index (χ0) is 22.9. The lowest BCUT2D eigenvalue weighted by atomic mass is 10.2. The van der Waals surface area contributed by atoms with Crippen molar-refractivity contribution in [2.45, 2.75) is 31.3 Å². The van der Waals surface area contributed by atoms with Crippen LogP contribution in [0.15, 0.2) is 58.5 Å². The number of thioether (sulfide) groups is 1. The van der Waals surface area contributed by atoms with Gasteiger partial charge >= 0.3 is 0 Å². The van der Waals surface area contributed by atoms with Crippen molar-refractivity contribution >= 4 is 44.9 Å². The molecule has 0 atom stereocenters. The molecule has 5 rings (SSSR count). The van der Waals surface area contributed by atoms with Gasteiger partial charge in [0.1, 0.15) is 10.6 Å². The van der Waals surface area contributed by atoms with Crippen LogP contribution < -0.4 is 15.6 Å². The van der Waals surface area contributed by atoms with Gasteiger partial charge in [-0.3, -0.25) is 14.2 Å². The first-order chi connectivity index (χ1) is 16.0. The van der Waals surface area contributed by atoms with Gasteiger partial charge in [0, 0.05) is 4.88 Å². The lowest BCUT2D eigenvalue weighted by molar-refractivity contribution is -0.113. The van der Waals surface area contributed by atoms with Crippen LogP contribution >= 0.6 is 23.1 Å². The van der Waals surface area contributed by atoms with Crippen molar-refractivity contribution in [1.29, 1.82) is 0 Å². The molecule has 8 heteroatoms. The van der Waals surface area contributed by atoms with Crippen LogP contribution in [-0.2, 0) is 17.6 Å². The summed E-state index contributed by atoms with van der Waals surface area (Å²) >= 11 is 2.87. The molecule has 1 aliphatic rings. The van der Waals surface area contributed by atoms with Crippen molar-refractivity contribution in [3.8, 4) is 11.4 Å². The fraction of sp³-hybridized carbons (Fsp3) is 0.240. The number of carbonyl (C=O) groups excluding carboxylic acids is 1. The molecular formula is C25H23N3O3S2. The molecule has 168 valence electrons. The maximum atomic E-state index is 13.7. The van der Waals surface area contributed by atoms with Gasteiger partial charge < -0.3 is 10.1 Å². The van der Waals surface area contributed by atoms with E-state index in [-0.39, 0.29) is 17.2 Å². The molecule has 0 aliphatic heterocycles. The summed E-state index contributed by atoms with van der Waals surface area (Å²) in [5.41, 5.74) is 3.57. The third kappa shape index (κ3) is 4.16. The monoisotopic (exact) mass is 477 g/mol. The molecule has 2 aromatic heterocycles. The van der Waals surface area contributed by atoms with Gasteiger partial charge in [0.05, 0.1) is 29.6 Å². The van der Waals surface area contributed by atoms with Crippen molar-refractivity contribution in [3.63, 3.8) is 0 Å². The summed E-state index contributed by atoms with van der Waals surface area (Å²) in [5.74, 6) is 0.524. The summed E-state index contributed by atoms with van der Waals surface area (Å²) in [6, 6.07) is 15.1. The quantitative estimate of drug-likeness (QED) is 0.313. The lowest BCUT2D eigenvalue weighted by Gasteiger charge is -2.13. The van der Waals surface area contributed by atoms with Crippen molar-refractivity contribution in [3.05, 3.63) is 74.9 Å². The van der Waals surface area contributed by atoms with Crippen LogP contribution in [0.5, 0.6) is 5.75 Å². The molecule has 1 aliphatic carbocycles. The Kier molecular flexibility index (Phi) is 5.95. The van der Waals surface area contributed by atoms with E-state index >= 15 is 0 Å². The Morgan fingerprint density at radius 2 is 1.97 bits per heavy atom. The molecule has 4 aromatic rings. The van der Waals surface area contributed by atoms with Gasteiger partial charge in [-0.15, -0.1) is 11.3 Å². The maximum Gasteiger partial charge on any atom is 0.267 e. The normalized spacial score (nSPS) is 12.7. The van der Waals surface area contributed by atoms with E-state index in [2.05, 4.69) is 5.32 Å². The number of nitrogens with zero attached hydrogens (tertiary/aromatic N) is 2. The molecule has 1 N–H and O–H groups in total. The maximum absolute atomic E-state index is 13.7. The first kappa shape index (κ1) is 21.7. The van der Waals surface area contributed by atoms with Gasteiger partial charge in [-0.1, -0.05) is 41.6 Å². The zero-order valence-electron chi connectivity index (χ0n) is 18.4. The molecule has 0 spiro atoms. The van der Waals surface area contributed by atoms with Crippen molar-refractivity contribution in [2.75, 3.05) is 18.2 Å². The Hall–Kier alpha value is -3.10. The largest absolute Gasteiger partial charge is 0.495 e. The summed E-state index contributed by atoms with van der Waals surface area (Å²) in [6.07, 6.45) is 3.01. The summed E-state index contributed by atoms with van der Waals surface area (Å²) in [5, 5.41) is 4.14. The minimum atomic E-state index is -0.192. The number of ether oxygens (including phenoxy) is 1. The molecule has 2 heterocycles. The van der Waals surface area contributed by atoms with Crippen LogP contribution in [-0.4, -0.2) is 28.3 Å². The van der Waals surface area contributed by atoms with E-state index in [9.17, 15) is 9.59 Å². The smallest absolute Gasteiger partial charge is 0.267 e. The van der Waals surface area contributed by atoms with Crippen LogP contribution in [0, 0.1) is 6.92 Å². The number of methoxy groups -OCH3 is 1. The van der Waals surface area contributed by atoms with Gasteiger partial charge in [0.2, 0.25) is 5.91 Å². The number of thiophene rings is 1. The SMILES string of the molecule is COc1ccccc1NC(=O)CSc1nc2sc3c(c2c(=O)n1-c1ccc(C)cc1)CCC3. The van der Waals surface area contributed by atoms with E-state index in [1.54, 1.807) is 35.1 Å². The van der Waals surface area contributed by atoms with E-state index < -0.39 is 0 Å². The third-order valence-electron chi connectivity index (χ3n) is 5.71. The van der Waals surface area contributed by atoms with Gasteiger partial charge in [-0.05, 0) is 56.0 Å². The minimum Gasteiger partial charge on any atom is -0.495 e. The Labute approximate surface area is 199 Å². The van der Waals surface area contributed by atoms with E-state index in [1.165, 1.54) is 16.6 Å². The van der Waals surface area contributed by atoms with Crippen molar-refractivity contribution < 1.29 is 9.53 Å². The number of para-hydroxylation sites is 2. The van der Waals surface area contributed by atoms with E-state index in [4.69, 9.17) is 9.72 Å². The van der Waals surface area contributed by atoms with Crippen LogP contribution in [0.4, 0.5) is 5.69 Å². The Morgan fingerprint density at radius 1 is 1.18 bits per heavy atom. The second-order valence-corrected chi connectivity index (χ2v) is 9.97. The Balaban J connectivity index is 1.50. The lowest BCUT2D eigenvalue weighted by Crippen LogP contribution is -2.23. The highest BCUT2D eigenvalue weighted by atomic mass is 32.2. The van der Waals surface area contributed by atoms with E-state index in [0.29, 0.717) is 16.6 Å². The van der Waals surface area contributed by atoms with Crippen LogP contribution in [0.1, 0.15) is 22.4 Å². The summed E-state index contributed by atoms with van der Waals surface area (Å²) < 4.78 is 6.96. The summed E-state index contributed by atoms with van der Waals surface area (Å²) in [6.45, 7) is 2.01. The second kappa shape index (κ2) is 9.03. The molecule has 6 nitrogen and oxygen atoms in total. The number of aryl methyl sites for hydroxylation is 3. The number of carbonyl (C=O) groups is 1. The summed E-state index contributed by atoms with van der Waals surface area (Å²) in [7, 11) is 1.57. The third-order valence-corrected chi connectivity index (χ3v) is 7.84. The molecule has 0 fully saturated rings. The highest BCUT2D eigenvalue weighted by Gasteiger charge is 2.24. The summed E-state index contributed by atoms with van der Waals surface area (Å²) in [4.78, 5) is 33.3. The highest BCUT2D eigenvalue weighted by Crippen LogP contribution is 2.36. The first-order valence-electron chi connectivity index (χ1n) is 10.7. The molecule has 1 amide bonds. The number of aromatic nitrogens is 2. The van der Waals surface area contributed by atoms with Crippen LogP contribution in [0.25, 0.3) is 15.9 Å². The number of benzene rings is 2. The Bertz CT molecular complexity index is 1410. The van der Waals surface area contributed by atoms with Gasteiger partial charge in [-0.2, -0.15) is 0 Å².